The fourth-order valence-corrected chi connectivity index (χ4v) is 4.71. The van der Waals surface area contributed by atoms with Crippen LogP contribution >= 0.6 is 7.14 Å². The summed E-state index contributed by atoms with van der Waals surface area (Å²) in [5, 5.41) is 0. The predicted molar refractivity (Wildman–Crippen MR) is 83.0 cm³/mol. The second-order valence-electron chi connectivity index (χ2n) is 6.56. The summed E-state index contributed by atoms with van der Waals surface area (Å²) < 4.78 is 12.8. The molecule has 20 heavy (non-hydrogen) atoms. The Balaban J connectivity index is 3.40. The van der Waals surface area contributed by atoms with Gasteiger partial charge in [-0.1, -0.05) is 38.5 Å². The molecule has 110 valence electrons. The van der Waals surface area contributed by atoms with Gasteiger partial charge in [0.25, 0.3) is 0 Å². The van der Waals surface area contributed by atoms with E-state index in [2.05, 4.69) is 0 Å². The first-order valence-electron chi connectivity index (χ1n) is 6.64. The van der Waals surface area contributed by atoms with Crippen LogP contribution in [0.4, 0.5) is 0 Å². The molecule has 1 atom stereocenters. The largest absolute Gasteiger partial charge is 0.307 e. The van der Waals surface area contributed by atoms with Crippen molar-refractivity contribution in [1.82, 2.24) is 0 Å². The van der Waals surface area contributed by atoms with Crippen LogP contribution in [-0.4, -0.2) is 17.7 Å². The minimum atomic E-state index is -3.56. The van der Waals surface area contributed by atoms with Gasteiger partial charge in [0, 0.05) is 17.6 Å². The molecule has 0 aromatic heterocycles. The van der Waals surface area contributed by atoms with Crippen molar-refractivity contribution in [2.45, 2.75) is 41.5 Å². The molecule has 1 unspecified atom stereocenters. The highest BCUT2D eigenvalue weighted by atomic mass is 31.2. The Hall–Kier alpha value is -1.21. The molecule has 0 aliphatic carbocycles. The second-order valence-corrected chi connectivity index (χ2v) is 9.22. The van der Waals surface area contributed by atoms with Gasteiger partial charge in [0.1, 0.15) is 0 Å². The zero-order chi connectivity index (χ0) is 15.9. The molecular weight excluding hydrogens is 271 g/mol. The van der Waals surface area contributed by atoms with E-state index in [0.717, 1.165) is 16.7 Å². The van der Waals surface area contributed by atoms with E-state index >= 15 is 0 Å². The van der Waals surface area contributed by atoms with Crippen LogP contribution in [0.15, 0.2) is 12.1 Å². The summed E-state index contributed by atoms with van der Waals surface area (Å²) in [5.41, 5.74) is 1.25. The van der Waals surface area contributed by atoms with Crippen molar-refractivity contribution < 1.29 is 14.2 Å². The Kier molecular flexibility index (Phi) is 4.46. The predicted octanol–water partition coefficient (Wildman–Crippen LogP) is 4.32. The van der Waals surface area contributed by atoms with Crippen molar-refractivity contribution >= 4 is 18.2 Å². The summed E-state index contributed by atoms with van der Waals surface area (Å²) in [6.45, 7) is 11.9. The summed E-state index contributed by atoms with van der Waals surface area (Å²) >= 11 is 0. The minimum absolute atomic E-state index is 0.430. The Morgan fingerprint density at radius 1 is 1.00 bits per heavy atom. The average Bonchev–Trinajstić information content (AvgIpc) is 2.24. The molecule has 3 nitrogen and oxygen atoms in total. The SMILES string of the molecule is Cc1cc(C)c(C(=O)P(C)(=O)C(=O)C(C)(C)C)c(C)c1. The molecule has 0 N–H and O–H groups in total. The van der Waals surface area contributed by atoms with E-state index in [4.69, 9.17) is 0 Å². The maximum Gasteiger partial charge on any atom is 0.228 e. The van der Waals surface area contributed by atoms with Gasteiger partial charge in [0.05, 0.1) is 0 Å². The molecule has 0 aliphatic rings. The van der Waals surface area contributed by atoms with Gasteiger partial charge in [-0.3, -0.25) is 9.59 Å². The zero-order valence-corrected chi connectivity index (χ0v) is 14.2. The summed E-state index contributed by atoms with van der Waals surface area (Å²) in [4.78, 5) is 24.9. The third-order valence-electron chi connectivity index (χ3n) is 3.31. The molecule has 0 fully saturated rings. The van der Waals surface area contributed by atoms with Crippen LogP contribution in [0.3, 0.4) is 0 Å². The number of aryl methyl sites for hydroxylation is 3. The Morgan fingerprint density at radius 2 is 1.40 bits per heavy atom. The van der Waals surface area contributed by atoms with Crippen molar-refractivity contribution in [3.8, 4) is 0 Å². The van der Waals surface area contributed by atoms with Crippen molar-refractivity contribution in [2.24, 2.45) is 5.41 Å². The second kappa shape index (κ2) is 5.29. The highest BCUT2D eigenvalue weighted by Gasteiger charge is 2.42. The smallest absolute Gasteiger partial charge is 0.228 e. The summed E-state index contributed by atoms with van der Waals surface area (Å²) in [6.07, 6.45) is 0. The molecule has 0 aliphatic heterocycles. The molecule has 0 bridgehead atoms. The van der Waals surface area contributed by atoms with Gasteiger partial charge >= 0.3 is 0 Å². The number of hydrogen-bond acceptors (Lipinski definition) is 3. The number of carbonyl (C=O) groups excluding carboxylic acids is 2. The molecule has 1 aromatic rings. The topological polar surface area (TPSA) is 51.2 Å². The molecule has 0 saturated carbocycles. The van der Waals surface area contributed by atoms with E-state index in [0.29, 0.717) is 5.56 Å². The van der Waals surface area contributed by atoms with Crippen LogP contribution in [0.2, 0.25) is 0 Å². The maximum absolute atomic E-state index is 12.8. The van der Waals surface area contributed by atoms with Gasteiger partial charge in [-0.2, -0.15) is 0 Å². The average molecular weight is 294 g/mol. The first kappa shape index (κ1) is 16.8. The molecular formula is C16H23O3P. The molecule has 1 rings (SSSR count). The quantitative estimate of drug-likeness (QED) is 0.780. The van der Waals surface area contributed by atoms with E-state index in [-0.39, 0.29) is 0 Å². The van der Waals surface area contributed by atoms with Crippen LogP contribution in [0, 0.1) is 26.2 Å². The van der Waals surface area contributed by atoms with E-state index < -0.39 is 23.6 Å². The number of hydrogen-bond donors (Lipinski definition) is 0. The Labute approximate surface area is 121 Å². The monoisotopic (exact) mass is 294 g/mol. The van der Waals surface area contributed by atoms with Crippen molar-refractivity contribution in [3.63, 3.8) is 0 Å². The first-order valence-corrected chi connectivity index (χ1v) is 8.79. The van der Waals surface area contributed by atoms with Gasteiger partial charge in [-0.05, 0) is 31.9 Å². The molecule has 0 spiro atoms. The summed E-state index contributed by atoms with van der Waals surface area (Å²) in [7, 11) is -3.56. The van der Waals surface area contributed by atoms with Gasteiger partial charge in [0.2, 0.25) is 18.2 Å². The molecule has 4 heteroatoms. The third-order valence-corrected chi connectivity index (χ3v) is 5.75. The molecule has 0 amide bonds. The lowest BCUT2D eigenvalue weighted by atomic mass is 9.99. The van der Waals surface area contributed by atoms with Crippen molar-refractivity contribution in [1.29, 1.82) is 0 Å². The lowest BCUT2D eigenvalue weighted by molar-refractivity contribution is -0.118. The normalized spacial score (nSPS) is 14.8. The Morgan fingerprint density at radius 3 is 1.75 bits per heavy atom. The molecule has 0 radical (unpaired) electrons. The van der Waals surface area contributed by atoms with Gasteiger partial charge in [-0.15, -0.1) is 0 Å². The van der Waals surface area contributed by atoms with Crippen LogP contribution in [-0.2, 0) is 9.36 Å². The van der Waals surface area contributed by atoms with Gasteiger partial charge in [0.15, 0.2) is 0 Å². The lowest BCUT2D eigenvalue weighted by Gasteiger charge is -2.22. The van der Waals surface area contributed by atoms with E-state index in [1.807, 2.05) is 32.9 Å². The highest BCUT2D eigenvalue weighted by molar-refractivity contribution is 7.94. The zero-order valence-electron chi connectivity index (χ0n) is 13.3. The lowest BCUT2D eigenvalue weighted by Crippen LogP contribution is -2.23. The van der Waals surface area contributed by atoms with Gasteiger partial charge in [-0.25, -0.2) is 0 Å². The number of carbonyl (C=O) groups is 2. The van der Waals surface area contributed by atoms with E-state index in [9.17, 15) is 14.2 Å². The minimum Gasteiger partial charge on any atom is -0.307 e. The maximum atomic E-state index is 12.8. The summed E-state index contributed by atoms with van der Waals surface area (Å²) in [6, 6.07) is 3.75. The fourth-order valence-electron chi connectivity index (χ4n) is 2.46. The first-order chi connectivity index (χ1) is 8.89. The van der Waals surface area contributed by atoms with E-state index in [1.54, 1.807) is 20.8 Å². The molecule has 1 aromatic carbocycles. The molecule has 0 heterocycles. The van der Waals surface area contributed by atoms with Crippen molar-refractivity contribution in [3.05, 3.63) is 34.4 Å². The Bertz CT molecular complexity index is 598. The number of benzene rings is 1. The van der Waals surface area contributed by atoms with Gasteiger partial charge < -0.3 is 4.57 Å². The third kappa shape index (κ3) is 3.09. The standard InChI is InChI=1S/C16H23O3P/c1-10-8-11(2)13(12(3)9-10)14(17)20(7,19)15(18)16(4,5)6/h8-9H,1-7H3. The van der Waals surface area contributed by atoms with E-state index in [1.165, 1.54) is 6.66 Å². The van der Waals surface area contributed by atoms with Crippen LogP contribution < -0.4 is 0 Å². The molecule has 0 saturated heterocycles. The van der Waals surface area contributed by atoms with Crippen LogP contribution in [0.25, 0.3) is 0 Å². The summed E-state index contributed by atoms with van der Waals surface area (Å²) in [5.74, 6) is 0. The fraction of sp³-hybridized carbons (Fsp3) is 0.500. The highest BCUT2D eigenvalue weighted by Crippen LogP contribution is 2.51. The van der Waals surface area contributed by atoms with Crippen LogP contribution in [0.5, 0.6) is 0 Å². The van der Waals surface area contributed by atoms with Crippen molar-refractivity contribution in [2.75, 3.05) is 6.66 Å². The number of rotatable bonds is 3. The van der Waals surface area contributed by atoms with Crippen LogP contribution in [0.1, 0.15) is 47.8 Å².